The van der Waals surface area contributed by atoms with Gasteiger partial charge in [0, 0.05) is 19.1 Å². The zero-order valence-corrected chi connectivity index (χ0v) is 5.70. The molecule has 1 rings (SSSR count). The predicted octanol–water partition coefficient (Wildman–Crippen LogP) is -2.08. The molecule has 3 atom stereocenters. The Hall–Kier alpha value is -0.160. The van der Waals surface area contributed by atoms with Gasteiger partial charge in [-0.3, -0.25) is 0 Å². The summed E-state index contributed by atoms with van der Waals surface area (Å²) < 4.78 is 0. The Balaban J connectivity index is 2.41. The van der Waals surface area contributed by atoms with E-state index in [1.54, 1.807) is 0 Å². The first-order valence-corrected chi connectivity index (χ1v) is 3.42. The predicted molar refractivity (Wildman–Crippen MR) is 35.5 cm³/mol. The Morgan fingerprint density at radius 3 is 2.30 bits per heavy atom. The third kappa shape index (κ3) is 1.29. The second-order valence-corrected chi connectivity index (χ2v) is 2.63. The lowest BCUT2D eigenvalue weighted by Crippen LogP contribution is -2.35. The Bertz CT molecular complexity index is 97.2. The first-order valence-electron chi connectivity index (χ1n) is 3.42. The van der Waals surface area contributed by atoms with Crippen LogP contribution in [-0.2, 0) is 0 Å². The summed E-state index contributed by atoms with van der Waals surface area (Å²) in [7, 11) is 0. The van der Waals surface area contributed by atoms with Gasteiger partial charge in [-0.2, -0.15) is 0 Å². The highest BCUT2D eigenvalue weighted by Crippen LogP contribution is 2.13. The summed E-state index contributed by atoms with van der Waals surface area (Å²) >= 11 is 0. The van der Waals surface area contributed by atoms with E-state index < -0.39 is 6.10 Å². The van der Waals surface area contributed by atoms with Gasteiger partial charge in [0.15, 0.2) is 0 Å². The summed E-state index contributed by atoms with van der Waals surface area (Å²) in [6.07, 6.45) is -0.602. The molecular weight excluding hydrogens is 134 g/mol. The summed E-state index contributed by atoms with van der Waals surface area (Å²) in [6.45, 7) is 0.491. The van der Waals surface area contributed by atoms with Crippen molar-refractivity contribution in [2.45, 2.75) is 12.1 Å². The number of aliphatic hydroxyl groups excluding tert-OH is 3. The van der Waals surface area contributed by atoms with E-state index in [0.717, 1.165) is 0 Å². The van der Waals surface area contributed by atoms with Crippen LogP contribution in [0.3, 0.4) is 0 Å². The molecule has 1 fully saturated rings. The first-order chi connectivity index (χ1) is 4.79. The Morgan fingerprint density at radius 1 is 1.30 bits per heavy atom. The number of rotatable bonds is 2. The van der Waals surface area contributed by atoms with Crippen LogP contribution in [-0.4, -0.2) is 47.2 Å². The van der Waals surface area contributed by atoms with Gasteiger partial charge < -0.3 is 20.6 Å². The van der Waals surface area contributed by atoms with Gasteiger partial charge in [-0.05, 0) is 0 Å². The van der Waals surface area contributed by atoms with Crippen LogP contribution in [0.1, 0.15) is 0 Å². The molecule has 1 saturated heterocycles. The molecule has 0 radical (unpaired) electrons. The molecule has 1 heterocycles. The molecule has 4 N–H and O–H groups in total. The molecule has 0 aromatic heterocycles. The molecule has 1 aliphatic heterocycles. The van der Waals surface area contributed by atoms with Gasteiger partial charge in [0.1, 0.15) is 0 Å². The number of hydrogen-bond acceptors (Lipinski definition) is 4. The van der Waals surface area contributed by atoms with Crippen molar-refractivity contribution in [1.29, 1.82) is 0 Å². The van der Waals surface area contributed by atoms with Crippen LogP contribution in [0.4, 0.5) is 0 Å². The SMILES string of the molecule is OC[C@@H]1CN[C@H](CO)[C@@H]1O. The second-order valence-electron chi connectivity index (χ2n) is 2.63. The van der Waals surface area contributed by atoms with E-state index in [0.29, 0.717) is 6.54 Å². The normalized spacial score (nSPS) is 40.5. The lowest BCUT2D eigenvalue weighted by atomic mass is 10.0. The van der Waals surface area contributed by atoms with Crippen LogP contribution in [0, 0.1) is 5.92 Å². The van der Waals surface area contributed by atoms with Crippen molar-refractivity contribution in [2.75, 3.05) is 19.8 Å². The molecule has 1 aliphatic rings. The second kappa shape index (κ2) is 3.30. The Morgan fingerprint density at radius 2 is 2.00 bits per heavy atom. The maximum Gasteiger partial charge on any atom is 0.0777 e. The van der Waals surface area contributed by atoms with E-state index in [-0.39, 0.29) is 25.2 Å². The number of hydrogen-bond donors (Lipinski definition) is 4. The lowest BCUT2D eigenvalue weighted by Gasteiger charge is -2.14. The molecule has 0 aromatic carbocycles. The fourth-order valence-electron chi connectivity index (χ4n) is 1.22. The van der Waals surface area contributed by atoms with Crippen molar-refractivity contribution in [3.63, 3.8) is 0 Å². The van der Waals surface area contributed by atoms with Crippen molar-refractivity contribution in [2.24, 2.45) is 5.92 Å². The van der Waals surface area contributed by atoms with Gasteiger partial charge in [0.2, 0.25) is 0 Å². The van der Waals surface area contributed by atoms with Crippen LogP contribution >= 0.6 is 0 Å². The molecule has 4 heteroatoms. The van der Waals surface area contributed by atoms with Gasteiger partial charge in [-0.25, -0.2) is 0 Å². The highest BCUT2D eigenvalue weighted by molar-refractivity contribution is 4.89. The van der Waals surface area contributed by atoms with Crippen LogP contribution in [0.25, 0.3) is 0 Å². The topological polar surface area (TPSA) is 72.7 Å². The van der Waals surface area contributed by atoms with Gasteiger partial charge in [0.05, 0.1) is 18.8 Å². The molecule has 4 nitrogen and oxygen atoms in total. The van der Waals surface area contributed by atoms with E-state index in [4.69, 9.17) is 10.2 Å². The van der Waals surface area contributed by atoms with Gasteiger partial charge in [-0.15, -0.1) is 0 Å². The molecule has 0 bridgehead atoms. The third-order valence-electron chi connectivity index (χ3n) is 1.97. The van der Waals surface area contributed by atoms with Gasteiger partial charge in [0.25, 0.3) is 0 Å². The maximum atomic E-state index is 9.27. The number of nitrogens with one attached hydrogen (secondary N) is 1. The Kier molecular flexibility index (Phi) is 2.62. The first kappa shape index (κ1) is 7.94. The van der Waals surface area contributed by atoms with Crippen LogP contribution < -0.4 is 5.32 Å². The van der Waals surface area contributed by atoms with E-state index >= 15 is 0 Å². The molecule has 0 unspecified atom stereocenters. The molecular formula is C6H13NO3. The van der Waals surface area contributed by atoms with Crippen LogP contribution in [0.2, 0.25) is 0 Å². The average molecular weight is 147 g/mol. The molecule has 0 aliphatic carbocycles. The molecule has 0 saturated carbocycles. The van der Waals surface area contributed by atoms with E-state index in [9.17, 15) is 5.11 Å². The van der Waals surface area contributed by atoms with Gasteiger partial charge in [-0.1, -0.05) is 0 Å². The highest BCUT2D eigenvalue weighted by Gasteiger charge is 2.32. The minimum atomic E-state index is -0.602. The quantitative estimate of drug-likeness (QED) is 0.362. The maximum absolute atomic E-state index is 9.27. The summed E-state index contributed by atoms with van der Waals surface area (Å²) in [4.78, 5) is 0. The van der Waals surface area contributed by atoms with Crippen LogP contribution in [0.15, 0.2) is 0 Å². The Labute approximate surface area is 59.5 Å². The summed E-state index contributed by atoms with van der Waals surface area (Å²) in [6, 6.07) is -0.253. The fraction of sp³-hybridized carbons (Fsp3) is 1.00. The summed E-state index contributed by atoms with van der Waals surface area (Å²) in [5.41, 5.74) is 0. The van der Waals surface area contributed by atoms with Gasteiger partial charge >= 0.3 is 0 Å². The molecule has 0 aromatic rings. The minimum Gasteiger partial charge on any atom is -0.396 e. The fourth-order valence-corrected chi connectivity index (χ4v) is 1.22. The summed E-state index contributed by atoms with van der Waals surface area (Å²) in [5.74, 6) is -0.114. The minimum absolute atomic E-state index is 0.0231. The van der Waals surface area contributed by atoms with Crippen molar-refractivity contribution in [3.05, 3.63) is 0 Å². The van der Waals surface area contributed by atoms with Crippen molar-refractivity contribution >= 4 is 0 Å². The third-order valence-corrected chi connectivity index (χ3v) is 1.97. The highest BCUT2D eigenvalue weighted by atomic mass is 16.3. The molecule has 0 amide bonds. The zero-order chi connectivity index (χ0) is 7.56. The van der Waals surface area contributed by atoms with Crippen molar-refractivity contribution < 1.29 is 15.3 Å². The zero-order valence-electron chi connectivity index (χ0n) is 5.70. The van der Waals surface area contributed by atoms with Crippen molar-refractivity contribution in [3.8, 4) is 0 Å². The lowest BCUT2D eigenvalue weighted by molar-refractivity contribution is 0.0656. The smallest absolute Gasteiger partial charge is 0.0777 e. The summed E-state index contributed by atoms with van der Waals surface area (Å²) in [5, 5.41) is 29.5. The average Bonchev–Trinajstić information content (AvgIpc) is 2.30. The van der Waals surface area contributed by atoms with E-state index in [1.807, 2.05) is 0 Å². The monoisotopic (exact) mass is 147 g/mol. The molecule has 10 heavy (non-hydrogen) atoms. The van der Waals surface area contributed by atoms with E-state index in [1.165, 1.54) is 0 Å². The number of aliphatic hydroxyl groups is 3. The largest absolute Gasteiger partial charge is 0.396 e. The standard InChI is InChI=1S/C6H13NO3/c8-2-4-1-7-5(3-9)6(4)10/h4-10H,1-3H2/t4-,5+,6+/m0/s1. The molecule has 0 spiro atoms. The van der Waals surface area contributed by atoms with Crippen molar-refractivity contribution in [1.82, 2.24) is 5.32 Å². The van der Waals surface area contributed by atoms with E-state index in [2.05, 4.69) is 5.32 Å². The molecule has 60 valence electrons. The van der Waals surface area contributed by atoms with Crippen LogP contribution in [0.5, 0.6) is 0 Å².